The van der Waals surface area contributed by atoms with Crippen molar-refractivity contribution in [2.75, 3.05) is 13.1 Å². The van der Waals surface area contributed by atoms with Gasteiger partial charge in [0.25, 0.3) is 0 Å². The number of esters is 4. The summed E-state index contributed by atoms with van der Waals surface area (Å²) < 4.78 is 33.5. The van der Waals surface area contributed by atoms with E-state index >= 15 is 0 Å². The largest absolute Gasteiger partial charge is 0.460 e. The van der Waals surface area contributed by atoms with Gasteiger partial charge in [-0.25, -0.2) is 33.7 Å². The Bertz CT molecular complexity index is 2410. The molecule has 0 aliphatic carbocycles. The molecule has 1 aromatic carbocycles. The fourth-order valence-corrected chi connectivity index (χ4v) is 8.45. The van der Waals surface area contributed by atoms with Crippen LogP contribution in [-0.4, -0.2) is 135 Å². The Hall–Kier alpha value is -5.83. The van der Waals surface area contributed by atoms with Crippen molar-refractivity contribution in [3.05, 3.63) is 32.9 Å². The minimum atomic E-state index is -1.22. The number of amides is 6. The number of hydrogen-bond acceptors (Lipinski definition) is 18. The highest BCUT2D eigenvalue weighted by Crippen LogP contribution is 2.23. The van der Waals surface area contributed by atoms with E-state index in [9.17, 15) is 48.3 Å². The van der Waals surface area contributed by atoms with Crippen LogP contribution in [-0.2, 0) is 63.7 Å². The number of carbonyl (C=O) groups is 9. The van der Waals surface area contributed by atoms with Crippen LogP contribution in [0.25, 0.3) is 0 Å². The van der Waals surface area contributed by atoms with Gasteiger partial charge in [-0.2, -0.15) is 0 Å². The lowest BCUT2D eigenvalue weighted by atomic mass is 10.1. The van der Waals surface area contributed by atoms with E-state index < -0.39 is 106 Å². The minimum absolute atomic E-state index is 0.108. The van der Waals surface area contributed by atoms with E-state index in [-0.39, 0.29) is 50.5 Å². The Morgan fingerprint density at radius 1 is 0.523 bits per heavy atom. The summed E-state index contributed by atoms with van der Waals surface area (Å²) in [5.74, 6) is -3.55. The molecule has 0 saturated heterocycles. The summed E-state index contributed by atoms with van der Waals surface area (Å²) >= 11 is 2.07. The first-order valence-corrected chi connectivity index (χ1v) is 30.7. The van der Waals surface area contributed by atoms with Gasteiger partial charge in [0.2, 0.25) is 17.8 Å². The van der Waals surface area contributed by atoms with Crippen molar-refractivity contribution >= 4 is 82.5 Å². The number of carbonyl (C=O) groups excluding carboxylic acids is 9. The van der Waals surface area contributed by atoms with Gasteiger partial charge in [-0.05, 0) is 229 Å². The van der Waals surface area contributed by atoms with Gasteiger partial charge in [0.1, 0.15) is 58.0 Å². The van der Waals surface area contributed by atoms with Crippen LogP contribution in [0.4, 0.5) is 14.4 Å². The number of urea groups is 1. The summed E-state index contributed by atoms with van der Waals surface area (Å²) in [7, 11) is 0. The van der Waals surface area contributed by atoms with Crippen LogP contribution in [0.5, 0.6) is 0 Å². The molecule has 86 heavy (non-hydrogen) atoms. The Kier molecular flexibility index (Phi) is 32.6. The third kappa shape index (κ3) is 37.7. The minimum Gasteiger partial charge on any atom is -0.460 e. The Balaban J connectivity index is 2.71. The normalized spacial score (nSPS) is 13.5. The van der Waals surface area contributed by atoms with E-state index in [4.69, 9.17) is 33.8 Å². The number of nitrogens with one attached hydrogen (secondary N) is 7. The highest BCUT2D eigenvalue weighted by Gasteiger charge is 2.33. The van der Waals surface area contributed by atoms with Gasteiger partial charge in [0, 0.05) is 29.4 Å². The van der Waals surface area contributed by atoms with E-state index in [2.05, 4.69) is 54.5 Å². The molecule has 2 unspecified atom stereocenters. The van der Waals surface area contributed by atoms with Crippen LogP contribution in [0.15, 0.2) is 18.2 Å². The monoisotopic (exact) mass is 1330 g/mol. The number of aliphatic hydroxyl groups is 1. The fraction of sp³-hybridized carbons (Fsp3) is 0.738. The molecule has 25 heteroatoms. The van der Waals surface area contributed by atoms with E-state index in [0.717, 1.165) is 4.90 Å². The summed E-state index contributed by atoms with van der Waals surface area (Å²) in [6.45, 7) is 31.1. The number of halogens is 1. The van der Waals surface area contributed by atoms with Crippen molar-refractivity contribution in [3.63, 3.8) is 0 Å². The lowest BCUT2D eigenvalue weighted by Gasteiger charge is -2.28. The molecular formula is C61H103IN8O16. The number of hydrogen-bond donors (Lipinski definition) is 8. The number of alkyl carbamates (subject to hydrolysis) is 1. The average molecular weight is 1330 g/mol. The van der Waals surface area contributed by atoms with Crippen LogP contribution in [0.3, 0.4) is 0 Å². The molecule has 24 nitrogen and oxygen atoms in total. The van der Waals surface area contributed by atoms with E-state index in [1.807, 2.05) is 0 Å². The zero-order chi connectivity index (χ0) is 66.0. The van der Waals surface area contributed by atoms with Crippen LogP contribution < -0.4 is 31.9 Å². The maximum Gasteiger partial charge on any atom is 0.417 e. The predicted octanol–water partition coefficient (Wildman–Crippen LogP) is 9.53. The Morgan fingerprint density at radius 3 is 1.43 bits per heavy atom. The molecule has 1 rings (SSSR count). The molecule has 0 saturated carbocycles. The van der Waals surface area contributed by atoms with Crippen molar-refractivity contribution in [2.45, 2.75) is 279 Å². The van der Waals surface area contributed by atoms with Crippen LogP contribution in [0.1, 0.15) is 232 Å². The number of rotatable bonds is 30. The molecule has 0 heterocycles. The maximum atomic E-state index is 13.3. The summed E-state index contributed by atoms with van der Waals surface area (Å²) in [5, 5.41) is 35.8. The topological polar surface area (TPSA) is 329 Å². The SMILES string of the molecule is CC(C)(C)OC(=O)CC[C@H](NC(=O)N[C@@H](CCCCNC(=O)CCCCCCC(=O)NC(CCCCNC(O)c1ccc(CN(C(=N)NC(=O)OC(C)(C)C)C(=O)OC(C)(C)C)c(I)c1)C(=O)OC(C)(C)C)C(=O)OC(C)(C)C)C(=O)OC(C)(C)C. The molecule has 0 aliphatic rings. The lowest BCUT2D eigenvalue weighted by Crippen LogP contribution is -2.53. The zero-order valence-electron chi connectivity index (χ0n) is 54.5. The Labute approximate surface area is 523 Å². The maximum absolute atomic E-state index is 13.3. The smallest absolute Gasteiger partial charge is 0.417 e. The van der Waals surface area contributed by atoms with E-state index in [1.54, 1.807) is 143 Å². The third-order valence-corrected chi connectivity index (χ3v) is 12.4. The molecule has 0 aromatic heterocycles. The first-order valence-electron chi connectivity index (χ1n) is 29.6. The lowest BCUT2D eigenvalue weighted by molar-refractivity contribution is -0.160. The summed E-state index contributed by atoms with van der Waals surface area (Å²) in [5.41, 5.74) is -3.84. The van der Waals surface area contributed by atoms with Gasteiger partial charge in [-0.3, -0.25) is 30.4 Å². The molecule has 0 radical (unpaired) electrons. The van der Waals surface area contributed by atoms with Crippen molar-refractivity contribution in [1.29, 1.82) is 5.41 Å². The van der Waals surface area contributed by atoms with Crippen molar-refractivity contribution in [1.82, 2.24) is 36.8 Å². The number of benzene rings is 1. The number of nitrogens with zero attached hydrogens (tertiary/aromatic N) is 1. The molecule has 1 aromatic rings. The third-order valence-electron chi connectivity index (χ3n) is 11.4. The highest BCUT2D eigenvalue weighted by molar-refractivity contribution is 14.1. The van der Waals surface area contributed by atoms with Crippen LogP contribution >= 0.6 is 22.6 Å². The van der Waals surface area contributed by atoms with Gasteiger partial charge in [0.05, 0.1) is 6.54 Å². The second-order valence-electron chi connectivity index (χ2n) is 27.1. The molecular weight excluding hydrogens is 1230 g/mol. The second-order valence-corrected chi connectivity index (χ2v) is 28.2. The van der Waals surface area contributed by atoms with E-state index in [0.29, 0.717) is 85.6 Å². The second kappa shape index (κ2) is 35.8. The van der Waals surface area contributed by atoms with Crippen LogP contribution in [0, 0.1) is 8.98 Å². The zero-order valence-corrected chi connectivity index (χ0v) is 56.6. The van der Waals surface area contributed by atoms with Gasteiger partial charge >= 0.3 is 42.1 Å². The van der Waals surface area contributed by atoms with E-state index in [1.165, 1.54) is 0 Å². The molecule has 6 amide bonds. The van der Waals surface area contributed by atoms with Gasteiger partial charge in [-0.15, -0.1) is 0 Å². The Morgan fingerprint density at radius 2 is 0.965 bits per heavy atom. The standard InChI is InChI=1S/C61H103IN8O16/c1-56(2,3)81-47(73)34-33-44(51(77)84-59(10,11)12)68-53(78)67-43(50(76)83-58(7,8)9)28-23-25-35-64-45(71)29-21-19-20-22-30-46(72)66-42(49(75)82-57(4,5)6)27-24-26-36-65-48(74)39-31-32-40(41(62)37-39)38-70(55(80)86-61(16,17)18)52(63)69-54(79)85-60(13,14)15/h31-32,37,42-44,48,65,74H,19-30,33-36,38H2,1-18H3,(H,64,71)(H,66,72)(H2,63,69,79)(H2,67,68,78)/t42?,43-,44-,48?/m0/s1. The number of unbranched alkanes of at least 4 members (excludes halogenated alkanes) is 5. The van der Waals surface area contributed by atoms with Gasteiger partial charge in [-0.1, -0.05) is 25.0 Å². The summed E-state index contributed by atoms with van der Waals surface area (Å²) in [6, 6.07) is 1.07. The average Bonchev–Trinajstić information content (AvgIpc) is 3.06. The van der Waals surface area contributed by atoms with Crippen molar-refractivity contribution in [3.8, 4) is 0 Å². The summed E-state index contributed by atoms with van der Waals surface area (Å²) in [4.78, 5) is 118. The molecule has 8 N–H and O–H groups in total. The molecule has 0 spiro atoms. The number of ether oxygens (including phenoxy) is 6. The highest BCUT2D eigenvalue weighted by atomic mass is 127. The van der Waals surface area contributed by atoms with Gasteiger partial charge in [0.15, 0.2) is 0 Å². The van der Waals surface area contributed by atoms with Gasteiger partial charge < -0.3 is 54.8 Å². The molecule has 0 bridgehead atoms. The molecule has 4 atom stereocenters. The first kappa shape index (κ1) is 78.2. The fourth-order valence-electron chi connectivity index (χ4n) is 7.74. The molecule has 490 valence electrons. The molecule has 0 aliphatic heterocycles. The van der Waals surface area contributed by atoms with Crippen molar-refractivity contribution in [2.24, 2.45) is 0 Å². The predicted molar refractivity (Wildman–Crippen MR) is 333 cm³/mol. The first-order chi connectivity index (χ1) is 39.3. The molecule has 0 fully saturated rings. The van der Waals surface area contributed by atoms with Crippen molar-refractivity contribution < 1.29 is 76.7 Å². The van der Waals surface area contributed by atoms with Crippen LogP contribution in [0.2, 0.25) is 0 Å². The summed E-state index contributed by atoms with van der Waals surface area (Å²) in [6.07, 6.45) is 2.21. The number of guanidine groups is 1. The number of aliphatic hydroxyl groups excluding tert-OH is 1. The quantitative estimate of drug-likeness (QED) is 0.00676.